The van der Waals surface area contributed by atoms with Gasteiger partial charge in [0.1, 0.15) is 11.7 Å². The molecule has 0 radical (unpaired) electrons. The molecular weight excluding hydrogens is 384 g/mol. The molecule has 0 saturated carbocycles. The normalized spacial score (nSPS) is 20.3. The standard InChI is InChI=1S/C20H22O7S/c1-14-8-7-11-20(18(14)22,19(23)26-3)12-17(13-27-15(2)21)28(24,25)16-9-5-4-6-10-16/h4-6,8-10,13H,7,11-12H2,1-3H3. The molecule has 8 heteroatoms. The number of methoxy groups -OCH3 is 1. The van der Waals surface area contributed by atoms with Crippen LogP contribution < -0.4 is 0 Å². The molecule has 0 aliphatic heterocycles. The molecule has 0 saturated heterocycles. The summed E-state index contributed by atoms with van der Waals surface area (Å²) in [5.41, 5.74) is -1.33. The Morgan fingerprint density at radius 2 is 1.86 bits per heavy atom. The van der Waals surface area contributed by atoms with Gasteiger partial charge in [0.15, 0.2) is 5.78 Å². The molecule has 1 aromatic rings. The van der Waals surface area contributed by atoms with Gasteiger partial charge in [-0.15, -0.1) is 0 Å². The highest BCUT2D eigenvalue weighted by molar-refractivity contribution is 7.95. The number of ether oxygens (including phenoxy) is 2. The summed E-state index contributed by atoms with van der Waals surface area (Å²) in [7, 11) is -2.97. The van der Waals surface area contributed by atoms with Gasteiger partial charge in [-0.3, -0.25) is 14.4 Å². The number of benzene rings is 1. The zero-order chi connectivity index (χ0) is 20.9. The van der Waals surface area contributed by atoms with E-state index >= 15 is 0 Å². The van der Waals surface area contributed by atoms with E-state index in [-0.39, 0.29) is 16.2 Å². The van der Waals surface area contributed by atoms with Crippen molar-refractivity contribution in [1.82, 2.24) is 0 Å². The molecule has 0 bridgehead atoms. The highest BCUT2D eigenvalue weighted by Gasteiger charge is 2.50. The van der Waals surface area contributed by atoms with Crippen molar-refractivity contribution in [3.63, 3.8) is 0 Å². The first kappa shape index (κ1) is 21.6. The van der Waals surface area contributed by atoms with E-state index in [0.717, 1.165) is 20.3 Å². The molecule has 1 aliphatic carbocycles. The van der Waals surface area contributed by atoms with E-state index in [9.17, 15) is 22.8 Å². The van der Waals surface area contributed by atoms with E-state index in [1.165, 1.54) is 12.1 Å². The predicted octanol–water partition coefficient (Wildman–Crippen LogP) is 2.72. The lowest BCUT2D eigenvalue weighted by atomic mass is 9.71. The molecule has 28 heavy (non-hydrogen) atoms. The van der Waals surface area contributed by atoms with E-state index in [0.29, 0.717) is 12.0 Å². The third kappa shape index (κ3) is 4.22. The molecule has 0 aromatic heterocycles. The van der Waals surface area contributed by atoms with Crippen molar-refractivity contribution in [2.45, 2.75) is 38.0 Å². The summed E-state index contributed by atoms with van der Waals surface area (Å²) < 4.78 is 35.9. The first-order valence-electron chi connectivity index (χ1n) is 8.61. The molecule has 2 rings (SSSR count). The van der Waals surface area contributed by atoms with Crippen molar-refractivity contribution in [1.29, 1.82) is 0 Å². The predicted molar refractivity (Wildman–Crippen MR) is 101 cm³/mol. The maximum absolute atomic E-state index is 13.1. The highest BCUT2D eigenvalue weighted by Crippen LogP contribution is 2.42. The monoisotopic (exact) mass is 406 g/mol. The fraction of sp³-hybridized carbons (Fsp3) is 0.350. The summed E-state index contributed by atoms with van der Waals surface area (Å²) in [5.74, 6) is -2.04. The quantitative estimate of drug-likeness (QED) is 0.406. The van der Waals surface area contributed by atoms with Gasteiger partial charge in [0.2, 0.25) is 9.84 Å². The summed E-state index contributed by atoms with van der Waals surface area (Å²) in [6, 6.07) is 7.52. The number of sulfone groups is 1. The molecule has 0 N–H and O–H groups in total. The van der Waals surface area contributed by atoms with E-state index in [4.69, 9.17) is 9.47 Å². The van der Waals surface area contributed by atoms with Crippen LogP contribution in [0.5, 0.6) is 0 Å². The Kier molecular flexibility index (Phi) is 6.56. The number of allylic oxidation sites excluding steroid dienone is 3. The van der Waals surface area contributed by atoms with Gasteiger partial charge in [-0.2, -0.15) is 0 Å². The maximum atomic E-state index is 13.1. The van der Waals surface area contributed by atoms with Crippen LogP contribution in [0, 0.1) is 5.41 Å². The topological polar surface area (TPSA) is 104 Å². The zero-order valence-electron chi connectivity index (χ0n) is 15.9. The molecule has 0 heterocycles. The van der Waals surface area contributed by atoms with Crippen molar-refractivity contribution in [3.05, 3.63) is 53.1 Å². The average Bonchev–Trinajstić information content (AvgIpc) is 2.68. The van der Waals surface area contributed by atoms with Gasteiger partial charge in [0, 0.05) is 13.3 Å². The summed E-state index contributed by atoms with van der Waals surface area (Å²) in [6.45, 7) is 2.69. The fourth-order valence-corrected chi connectivity index (χ4v) is 4.58. The second-order valence-electron chi connectivity index (χ2n) is 6.52. The molecule has 0 fully saturated rings. The Balaban J connectivity index is 2.59. The minimum Gasteiger partial charge on any atom is -0.468 e. The lowest BCUT2D eigenvalue weighted by molar-refractivity contribution is -0.157. The summed E-state index contributed by atoms with van der Waals surface area (Å²) in [4.78, 5) is 36.3. The second kappa shape index (κ2) is 8.52. The van der Waals surface area contributed by atoms with Crippen LogP contribution in [0.4, 0.5) is 0 Å². The van der Waals surface area contributed by atoms with Gasteiger partial charge < -0.3 is 9.47 Å². The number of carbonyl (C=O) groups is 3. The SMILES string of the molecule is COC(=O)C1(CC(=COC(C)=O)S(=O)(=O)c2ccccc2)CCC=C(C)C1=O. The van der Waals surface area contributed by atoms with Gasteiger partial charge in [-0.1, -0.05) is 24.3 Å². The number of carbonyl (C=O) groups excluding carboxylic acids is 3. The van der Waals surface area contributed by atoms with E-state index in [1.807, 2.05) is 0 Å². The molecule has 1 unspecified atom stereocenters. The van der Waals surface area contributed by atoms with Crippen molar-refractivity contribution in [3.8, 4) is 0 Å². The first-order chi connectivity index (χ1) is 13.1. The Bertz CT molecular complexity index is 942. The Hall–Kier alpha value is -2.74. The van der Waals surface area contributed by atoms with Crippen molar-refractivity contribution in [2.24, 2.45) is 5.41 Å². The summed E-state index contributed by atoms with van der Waals surface area (Å²) in [6.07, 6.45) is 2.55. The van der Waals surface area contributed by atoms with Crippen LogP contribution in [0.3, 0.4) is 0 Å². The Labute approximate surface area is 163 Å². The maximum Gasteiger partial charge on any atom is 0.320 e. The molecule has 0 spiro atoms. The minimum atomic E-state index is -4.11. The van der Waals surface area contributed by atoms with Crippen LogP contribution >= 0.6 is 0 Å². The van der Waals surface area contributed by atoms with Gasteiger partial charge in [0.05, 0.1) is 16.9 Å². The lowest BCUT2D eigenvalue weighted by Gasteiger charge is -2.32. The van der Waals surface area contributed by atoms with Crippen LogP contribution in [0.2, 0.25) is 0 Å². The largest absolute Gasteiger partial charge is 0.468 e. The van der Waals surface area contributed by atoms with E-state index < -0.39 is 39.4 Å². The van der Waals surface area contributed by atoms with Gasteiger partial charge >= 0.3 is 11.9 Å². The highest BCUT2D eigenvalue weighted by atomic mass is 32.2. The molecule has 7 nitrogen and oxygen atoms in total. The smallest absolute Gasteiger partial charge is 0.320 e. The fourth-order valence-electron chi connectivity index (χ4n) is 3.15. The van der Waals surface area contributed by atoms with E-state index in [1.54, 1.807) is 31.2 Å². The first-order valence-corrected chi connectivity index (χ1v) is 10.1. The number of ketones is 1. The second-order valence-corrected chi connectivity index (χ2v) is 8.52. The Morgan fingerprint density at radius 3 is 2.43 bits per heavy atom. The van der Waals surface area contributed by atoms with Crippen molar-refractivity contribution in [2.75, 3.05) is 7.11 Å². The molecule has 1 aromatic carbocycles. The van der Waals surface area contributed by atoms with Crippen LogP contribution in [-0.4, -0.2) is 33.2 Å². The van der Waals surface area contributed by atoms with Crippen LogP contribution in [0.1, 0.15) is 33.1 Å². The molecule has 0 amide bonds. The molecule has 150 valence electrons. The average molecular weight is 406 g/mol. The Morgan fingerprint density at radius 1 is 1.21 bits per heavy atom. The zero-order valence-corrected chi connectivity index (χ0v) is 16.7. The van der Waals surface area contributed by atoms with Crippen LogP contribution in [0.25, 0.3) is 0 Å². The van der Waals surface area contributed by atoms with Crippen LogP contribution in [0.15, 0.2) is 58.0 Å². The summed E-state index contributed by atoms with van der Waals surface area (Å²) >= 11 is 0. The van der Waals surface area contributed by atoms with Crippen LogP contribution in [-0.2, 0) is 33.7 Å². The number of esters is 2. The minimum absolute atomic E-state index is 0.0380. The molecule has 1 atom stereocenters. The summed E-state index contributed by atoms with van der Waals surface area (Å²) in [5, 5.41) is 0. The third-order valence-corrected chi connectivity index (χ3v) is 6.45. The molecule has 1 aliphatic rings. The van der Waals surface area contributed by atoms with E-state index in [2.05, 4.69) is 0 Å². The number of Topliss-reactive ketones (excluding diaryl/α,β-unsaturated/α-hetero) is 1. The van der Waals surface area contributed by atoms with Gasteiger partial charge in [-0.25, -0.2) is 8.42 Å². The third-order valence-electron chi connectivity index (χ3n) is 4.62. The van der Waals surface area contributed by atoms with Crippen molar-refractivity contribution >= 4 is 27.6 Å². The van der Waals surface area contributed by atoms with Gasteiger partial charge in [-0.05, 0) is 37.5 Å². The number of rotatable bonds is 6. The van der Waals surface area contributed by atoms with Crippen molar-refractivity contribution < 1.29 is 32.3 Å². The van der Waals surface area contributed by atoms with Gasteiger partial charge in [0.25, 0.3) is 0 Å². The molecular formula is C20H22O7S. The lowest BCUT2D eigenvalue weighted by Crippen LogP contribution is -2.43. The number of hydrogen-bond acceptors (Lipinski definition) is 7. The number of hydrogen-bond donors (Lipinski definition) is 0.